The number of nitrogens with zero attached hydrogens (tertiary/aromatic N) is 3. The van der Waals surface area contributed by atoms with Crippen LogP contribution >= 0.6 is 0 Å². The fraction of sp³-hybridized carbons (Fsp3) is 0.250. The van der Waals surface area contributed by atoms with Crippen LogP contribution in [0.1, 0.15) is 17.1 Å². The standard InChI is InChI=1S/C12H10F3N3O/c1-7-3-9(4-8(2)18-7)19-11-6-16-10(5-17-11)12(13,14)15/h3-6H,1-2H3. The Morgan fingerprint density at radius 3 is 2.11 bits per heavy atom. The van der Waals surface area contributed by atoms with Crippen LogP contribution in [0.5, 0.6) is 11.6 Å². The minimum absolute atomic E-state index is 0.00185. The van der Waals surface area contributed by atoms with E-state index < -0.39 is 11.9 Å². The molecule has 2 aromatic heterocycles. The summed E-state index contributed by atoms with van der Waals surface area (Å²) in [6.45, 7) is 3.58. The minimum atomic E-state index is -4.50. The highest BCUT2D eigenvalue weighted by atomic mass is 19.4. The number of pyridine rings is 1. The zero-order chi connectivity index (χ0) is 14.0. The normalized spacial score (nSPS) is 11.4. The maximum atomic E-state index is 12.3. The van der Waals surface area contributed by atoms with E-state index in [0.717, 1.165) is 17.6 Å². The van der Waals surface area contributed by atoms with Crippen LogP contribution in [0, 0.1) is 13.8 Å². The molecule has 0 aliphatic heterocycles. The predicted molar refractivity (Wildman–Crippen MR) is 60.8 cm³/mol. The lowest BCUT2D eigenvalue weighted by molar-refractivity contribution is -0.141. The number of alkyl halides is 3. The lowest BCUT2D eigenvalue weighted by Gasteiger charge is -2.08. The SMILES string of the molecule is Cc1cc(Oc2cnc(C(F)(F)F)cn2)cc(C)n1. The molecule has 7 heteroatoms. The number of hydrogen-bond donors (Lipinski definition) is 0. The maximum Gasteiger partial charge on any atom is 0.434 e. The van der Waals surface area contributed by atoms with Crippen molar-refractivity contribution < 1.29 is 17.9 Å². The van der Waals surface area contributed by atoms with Crippen LogP contribution in [0.3, 0.4) is 0 Å². The molecule has 0 fully saturated rings. The van der Waals surface area contributed by atoms with E-state index in [9.17, 15) is 13.2 Å². The van der Waals surface area contributed by atoms with Crippen molar-refractivity contribution in [3.05, 3.63) is 41.6 Å². The van der Waals surface area contributed by atoms with E-state index in [-0.39, 0.29) is 5.88 Å². The van der Waals surface area contributed by atoms with Gasteiger partial charge in [0.25, 0.3) is 0 Å². The third-order valence-electron chi connectivity index (χ3n) is 2.20. The summed E-state index contributed by atoms with van der Waals surface area (Å²) in [7, 11) is 0. The fourth-order valence-corrected chi connectivity index (χ4v) is 1.49. The van der Waals surface area contributed by atoms with E-state index >= 15 is 0 Å². The number of halogens is 3. The van der Waals surface area contributed by atoms with Crippen molar-refractivity contribution in [2.45, 2.75) is 20.0 Å². The highest BCUT2D eigenvalue weighted by Crippen LogP contribution is 2.28. The van der Waals surface area contributed by atoms with Gasteiger partial charge in [-0.15, -0.1) is 0 Å². The van der Waals surface area contributed by atoms with Gasteiger partial charge in [0.1, 0.15) is 5.75 Å². The molecular formula is C12H10F3N3O. The number of hydrogen-bond acceptors (Lipinski definition) is 4. The molecule has 0 bridgehead atoms. The van der Waals surface area contributed by atoms with Gasteiger partial charge >= 0.3 is 6.18 Å². The Kier molecular flexibility index (Phi) is 3.37. The van der Waals surface area contributed by atoms with Crippen molar-refractivity contribution in [3.8, 4) is 11.6 Å². The second kappa shape index (κ2) is 4.83. The molecule has 2 rings (SSSR count). The molecule has 0 N–H and O–H groups in total. The van der Waals surface area contributed by atoms with Gasteiger partial charge in [0.2, 0.25) is 5.88 Å². The summed E-state index contributed by atoms with van der Waals surface area (Å²) in [5.41, 5.74) is 0.437. The van der Waals surface area contributed by atoms with Gasteiger partial charge in [-0.25, -0.2) is 9.97 Å². The van der Waals surface area contributed by atoms with Gasteiger partial charge in [0, 0.05) is 23.5 Å². The zero-order valence-electron chi connectivity index (χ0n) is 10.2. The fourth-order valence-electron chi connectivity index (χ4n) is 1.49. The first kappa shape index (κ1) is 13.3. The Hall–Kier alpha value is -2.18. The lowest BCUT2D eigenvalue weighted by atomic mass is 10.3. The van der Waals surface area contributed by atoms with Gasteiger partial charge in [0.15, 0.2) is 5.69 Å². The molecule has 4 nitrogen and oxygen atoms in total. The summed E-state index contributed by atoms with van der Waals surface area (Å²) in [4.78, 5) is 11.0. The van der Waals surface area contributed by atoms with Crippen LogP contribution in [-0.4, -0.2) is 15.0 Å². The Bertz CT molecular complexity index is 562. The van der Waals surface area contributed by atoms with E-state index in [1.54, 1.807) is 26.0 Å². The van der Waals surface area contributed by atoms with Gasteiger partial charge in [-0.05, 0) is 13.8 Å². The van der Waals surface area contributed by atoms with Crippen molar-refractivity contribution in [1.29, 1.82) is 0 Å². The van der Waals surface area contributed by atoms with Gasteiger partial charge in [-0.1, -0.05) is 0 Å². The molecule has 100 valence electrons. The van der Waals surface area contributed by atoms with Gasteiger partial charge in [-0.3, -0.25) is 4.98 Å². The van der Waals surface area contributed by atoms with E-state index in [1.807, 2.05) is 0 Å². The van der Waals surface area contributed by atoms with Crippen molar-refractivity contribution in [2.75, 3.05) is 0 Å². The predicted octanol–water partition coefficient (Wildman–Crippen LogP) is 3.30. The first-order chi connectivity index (χ1) is 8.84. The highest BCUT2D eigenvalue weighted by molar-refractivity contribution is 5.29. The average molecular weight is 269 g/mol. The molecule has 2 heterocycles. The van der Waals surface area contributed by atoms with Crippen LogP contribution in [0.2, 0.25) is 0 Å². The molecule has 0 saturated heterocycles. The van der Waals surface area contributed by atoms with E-state index in [0.29, 0.717) is 11.9 Å². The Balaban J connectivity index is 2.20. The molecule has 0 saturated carbocycles. The molecule has 2 aromatic rings. The number of rotatable bonds is 2. The molecule has 0 radical (unpaired) electrons. The summed E-state index contributed by atoms with van der Waals surface area (Å²) in [6, 6.07) is 3.32. The van der Waals surface area contributed by atoms with Crippen LogP contribution in [0.4, 0.5) is 13.2 Å². The molecule has 0 unspecified atom stereocenters. The molecular weight excluding hydrogens is 259 g/mol. The monoisotopic (exact) mass is 269 g/mol. The zero-order valence-corrected chi connectivity index (χ0v) is 10.2. The van der Waals surface area contributed by atoms with E-state index in [2.05, 4.69) is 15.0 Å². The molecule has 0 aliphatic carbocycles. The van der Waals surface area contributed by atoms with E-state index in [1.165, 1.54) is 0 Å². The number of aromatic nitrogens is 3. The van der Waals surface area contributed by atoms with E-state index in [4.69, 9.17) is 4.74 Å². The topological polar surface area (TPSA) is 47.9 Å². The molecule has 19 heavy (non-hydrogen) atoms. The molecule has 0 spiro atoms. The second-order valence-corrected chi connectivity index (χ2v) is 3.93. The van der Waals surface area contributed by atoms with Crippen LogP contribution in [-0.2, 0) is 6.18 Å². The molecule has 0 aliphatic rings. The van der Waals surface area contributed by atoms with Crippen molar-refractivity contribution in [1.82, 2.24) is 15.0 Å². The highest BCUT2D eigenvalue weighted by Gasteiger charge is 2.32. The summed E-state index contributed by atoms with van der Waals surface area (Å²) >= 11 is 0. The van der Waals surface area contributed by atoms with Crippen molar-refractivity contribution in [3.63, 3.8) is 0 Å². The molecule has 0 atom stereocenters. The summed E-state index contributed by atoms with van der Waals surface area (Å²) in [5, 5.41) is 0. The van der Waals surface area contributed by atoms with Crippen LogP contribution in [0.25, 0.3) is 0 Å². The quantitative estimate of drug-likeness (QED) is 0.839. The smallest absolute Gasteiger partial charge is 0.434 e. The molecule has 0 aromatic carbocycles. The first-order valence-electron chi connectivity index (χ1n) is 5.37. The lowest BCUT2D eigenvalue weighted by Crippen LogP contribution is -2.08. The first-order valence-corrected chi connectivity index (χ1v) is 5.37. The average Bonchev–Trinajstić information content (AvgIpc) is 2.26. The Labute approximate surface area is 107 Å². The minimum Gasteiger partial charge on any atom is -0.437 e. The number of aryl methyl sites for hydroxylation is 2. The van der Waals surface area contributed by atoms with Crippen molar-refractivity contribution in [2.24, 2.45) is 0 Å². The summed E-state index contributed by atoms with van der Waals surface area (Å²) < 4.78 is 42.2. The summed E-state index contributed by atoms with van der Waals surface area (Å²) in [5.74, 6) is 0.456. The van der Waals surface area contributed by atoms with Gasteiger partial charge < -0.3 is 4.74 Å². The molecule has 0 amide bonds. The third kappa shape index (κ3) is 3.40. The second-order valence-electron chi connectivity index (χ2n) is 3.93. The third-order valence-corrected chi connectivity index (χ3v) is 2.20. The summed E-state index contributed by atoms with van der Waals surface area (Å²) in [6.07, 6.45) is -2.93. The van der Waals surface area contributed by atoms with Gasteiger partial charge in [-0.2, -0.15) is 13.2 Å². The van der Waals surface area contributed by atoms with Crippen molar-refractivity contribution >= 4 is 0 Å². The maximum absolute atomic E-state index is 12.3. The largest absolute Gasteiger partial charge is 0.437 e. The Morgan fingerprint density at radius 1 is 1.00 bits per heavy atom. The number of ether oxygens (including phenoxy) is 1. The van der Waals surface area contributed by atoms with Gasteiger partial charge in [0.05, 0.1) is 12.4 Å². The van der Waals surface area contributed by atoms with Crippen LogP contribution < -0.4 is 4.74 Å². The Morgan fingerprint density at radius 2 is 1.63 bits per heavy atom. The van der Waals surface area contributed by atoms with Crippen LogP contribution in [0.15, 0.2) is 24.5 Å².